The molecule has 3 aromatic rings. The predicted molar refractivity (Wildman–Crippen MR) is 125 cm³/mol. The number of fused-ring (bicyclic) bond motifs is 1. The molecule has 7 nitrogen and oxygen atoms in total. The average Bonchev–Trinajstić information content (AvgIpc) is 3.50. The molecule has 1 amide bonds. The number of rotatable bonds is 7. The molecule has 0 saturated heterocycles. The minimum absolute atomic E-state index is 0.192. The number of hydrogen-bond donors (Lipinski definition) is 2. The maximum absolute atomic E-state index is 12.5. The van der Waals surface area contributed by atoms with Gasteiger partial charge < -0.3 is 15.5 Å². The zero-order valence-electron chi connectivity index (χ0n) is 17.8. The van der Waals surface area contributed by atoms with Crippen LogP contribution in [-0.2, 0) is 24.2 Å². The Bertz CT molecular complexity index is 1010. The van der Waals surface area contributed by atoms with Gasteiger partial charge in [-0.15, -0.1) is 11.3 Å². The third-order valence-corrected chi connectivity index (χ3v) is 6.45. The highest BCUT2D eigenvalue weighted by molar-refractivity contribution is 7.10. The number of nitrogens with zero attached hydrogens (tertiary/aromatic N) is 4. The lowest BCUT2D eigenvalue weighted by Crippen LogP contribution is -2.41. The molecular formula is C23H28N6OS. The summed E-state index contributed by atoms with van der Waals surface area (Å²) in [6.07, 6.45) is 6.03. The molecule has 4 rings (SSSR count). The summed E-state index contributed by atoms with van der Waals surface area (Å²) in [6.45, 7) is 2.90. The molecule has 1 aliphatic heterocycles. The molecular weight excluding hydrogens is 408 g/mol. The quantitative estimate of drug-likeness (QED) is 0.441. The second-order valence-corrected chi connectivity index (χ2v) is 8.48. The number of amides is 1. The Morgan fingerprint density at radius 1 is 1.19 bits per heavy atom. The van der Waals surface area contributed by atoms with Crippen LogP contribution in [0, 0.1) is 0 Å². The molecule has 2 N–H and O–H groups in total. The van der Waals surface area contributed by atoms with Gasteiger partial charge in [0.05, 0.1) is 5.69 Å². The zero-order chi connectivity index (χ0) is 21.5. The van der Waals surface area contributed by atoms with Gasteiger partial charge >= 0.3 is 0 Å². The van der Waals surface area contributed by atoms with Crippen LogP contribution < -0.4 is 10.6 Å². The number of carbonyl (C=O) groups excluding carboxylic acids is 1. The molecule has 0 bridgehead atoms. The Labute approximate surface area is 186 Å². The van der Waals surface area contributed by atoms with Gasteiger partial charge in [0, 0.05) is 56.9 Å². The van der Waals surface area contributed by atoms with Crippen LogP contribution in [0.15, 0.2) is 59.2 Å². The third-order valence-electron chi connectivity index (χ3n) is 5.43. The van der Waals surface area contributed by atoms with Gasteiger partial charge in [0.2, 0.25) is 5.91 Å². The molecule has 31 heavy (non-hydrogen) atoms. The highest BCUT2D eigenvalue weighted by atomic mass is 32.1. The Morgan fingerprint density at radius 3 is 2.81 bits per heavy atom. The Morgan fingerprint density at radius 2 is 2.03 bits per heavy atom. The van der Waals surface area contributed by atoms with Crippen molar-refractivity contribution in [2.24, 2.45) is 4.99 Å². The van der Waals surface area contributed by atoms with E-state index in [-0.39, 0.29) is 5.91 Å². The van der Waals surface area contributed by atoms with Crippen LogP contribution in [0.2, 0.25) is 0 Å². The molecule has 0 atom stereocenters. The molecule has 1 aliphatic rings. The second kappa shape index (κ2) is 10.3. The SMILES string of the molecule is CN=C(NCCC(=O)N1CCc2sccc2C1)NCCc1ccc(-n2cccn2)cc1. The van der Waals surface area contributed by atoms with Crippen LogP contribution in [-0.4, -0.2) is 53.2 Å². The van der Waals surface area contributed by atoms with E-state index in [0.717, 1.165) is 44.1 Å². The van der Waals surface area contributed by atoms with Gasteiger partial charge in [0.1, 0.15) is 0 Å². The largest absolute Gasteiger partial charge is 0.356 e. The molecule has 0 saturated carbocycles. The normalized spacial score (nSPS) is 13.7. The molecule has 0 unspecified atom stereocenters. The van der Waals surface area contributed by atoms with Crippen molar-refractivity contribution >= 4 is 23.2 Å². The van der Waals surface area contributed by atoms with Crippen LogP contribution in [0.25, 0.3) is 5.69 Å². The summed E-state index contributed by atoms with van der Waals surface area (Å²) in [4.78, 5) is 20.2. The van der Waals surface area contributed by atoms with Gasteiger partial charge in [-0.05, 0) is 53.6 Å². The van der Waals surface area contributed by atoms with Crippen molar-refractivity contribution in [2.75, 3.05) is 26.7 Å². The fourth-order valence-corrected chi connectivity index (χ4v) is 4.58. The number of nitrogens with one attached hydrogen (secondary N) is 2. The van der Waals surface area contributed by atoms with Crippen LogP contribution >= 0.6 is 11.3 Å². The van der Waals surface area contributed by atoms with Crippen molar-refractivity contribution in [1.29, 1.82) is 0 Å². The summed E-state index contributed by atoms with van der Waals surface area (Å²) in [5.41, 5.74) is 3.59. The number of benzene rings is 1. The van der Waals surface area contributed by atoms with Crippen LogP contribution in [0.4, 0.5) is 0 Å². The van der Waals surface area contributed by atoms with Gasteiger partial charge in [0.25, 0.3) is 0 Å². The Hall–Kier alpha value is -3.13. The average molecular weight is 437 g/mol. The van der Waals surface area contributed by atoms with Crippen LogP contribution in [0.3, 0.4) is 0 Å². The maximum Gasteiger partial charge on any atom is 0.224 e. The number of aromatic nitrogens is 2. The highest BCUT2D eigenvalue weighted by Gasteiger charge is 2.20. The summed E-state index contributed by atoms with van der Waals surface area (Å²) >= 11 is 1.79. The number of thiophene rings is 1. The van der Waals surface area contributed by atoms with Crippen LogP contribution in [0.5, 0.6) is 0 Å². The van der Waals surface area contributed by atoms with E-state index >= 15 is 0 Å². The summed E-state index contributed by atoms with van der Waals surface area (Å²) in [6, 6.07) is 12.4. The van der Waals surface area contributed by atoms with Gasteiger partial charge in [-0.1, -0.05) is 12.1 Å². The zero-order valence-corrected chi connectivity index (χ0v) is 18.6. The lowest BCUT2D eigenvalue weighted by atomic mass is 10.1. The molecule has 8 heteroatoms. The first-order chi connectivity index (χ1) is 15.2. The molecule has 162 valence electrons. The van der Waals surface area contributed by atoms with Gasteiger partial charge in [0.15, 0.2) is 5.96 Å². The van der Waals surface area contributed by atoms with E-state index in [4.69, 9.17) is 0 Å². The standard InChI is InChI=1S/C23H28N6OS/c1-24-23(25-12-7-18-3-5-20(6-4-18)29-14-2-11-27-29)26-13-8-22(30)28-15-9-21-19(17-28)10-16-31-21/h2-6,10-11,14,16H,7-9,12-13,15,17H2,1H3,(H2,24,25,26). The number of hydrogen-bond acceptors (Lipinski definition) is 4. The first kappa shape index (κ1) is 21.1. The van der Waals surface area contributed by atoms with E-state index in [1.165, 1.54) is 16.0 Å². The van der Waals surface area contributed by atoms with E-state index in [1.54, 1.807) is 24.6 Å². The van der Waals surface area contributed by atoms with E-state index in [9.17, 15) is 4.79 Å². The minimum Gasteiger partial charge on any atom is -0.356 e. The van der Waals surface area contributed by atoms with Crippen molar-refractivity contribution in [1.82, 2.24) is 25.3 Å². The second-order valence-electron chi connectivity index (χ2n) is 7.48. The first-order valence-electron chi connectivity index (χ1n) is 10.6. The summed E-state index contributed by atoms with van der Waals surface area (Å²) in [7, 11) is 1.75. The van der Waals surface area contributed by atoms with E-state index < -0.39 is 0 Å². The van der Waals surface area contributed by atoms with Gasteiger partial charge in [-0.25, -0.2) is 4.68 Å². The topological polar surface area (TPSA) is 74.6 Å². The Balaban J connectivity index is 1.16. The van der Waals surface area contributed by atoms with Gasteiger partial charge in [-0.3, -0.25) is 9.79 Å². The smallest absolute Gasteiger partial charge is 0.224 e. The summed E-state index contributed by atoms with van der Waals surface area (Å²) in [5.74, 6) is 0.914. The highest BCUT2D eigenvalue weighted by Crippen LogP contribution is 2.24. The molecule has 0 aliphatic carbocycles. The number of aliphatic imine (C=N–C) groups is 1. The Kier molecular flexibility index (Phi) is 6.99. The lowest BCUT2D eigenvalue weighted by Gasteiger charge is -2.27. The maximum atomic E-state index is 12.5. The predicted octanol–water partition coefficient (Wildman–Crippen LogP) is 2.62. The van der Waals surface area contributed by atoms with E-state index in [2.05, 4.69) is 56.4 Å². The fraction of sp³-hybridized carbons (Fsp3) is 0.348. The summed E-state index contributed by atoms with van der Waals surface area (Å²) in [5, 5.41) is 12.9. The van der Waals surface area contributed by atoms with E-state index in [1.807, 2.05) is 21.8 Å². The third kappa shape index (κ3) is 5.52. The lowest BCUT2D eigenvalue weighted by molar-refractivity contribution is -0.131. The first-order valence-corrected chi connectivity index (χ1v) is 11.5. The molecule has 0 radical (unpaired) electrons. The molecule has 0 spiro atoms. The number of carbonyl (C=O) groups is 1. The van der Waals surface area contributed by atoms with Crippen molar-refractivity contribution in [2.45, 2.75) is 25.8 Å². The number of guanidine groups is 1. The van der Waals surface area contributed by atoms with Crippen molar-refractivity contribution in [3.63, 3.8) is 0 Å². The minimum atomic E-state index is 0.192. The van der Waals surface area contributed by atoms with Gasteiger partial charge in [-0.2, -0.15) is 5.10 Å². The molecule has 3 heterocycles. The molecule has 1 aromatic carbocycles. The summed E-state index contributed by atoms with van der Waals surface area (Å²) < 4.78 is 1.85. The fourth-order valence-electron chi connectivity index (χ4n) is 3.69. The van der Waals surface area contributed by atoms with Crippen molar-refractivity contribution < 1.29 is 4.79 Å². The van der Waals surface area contributed by atoms with Crippen molar-refractivity contribution in [3.8, 4) is 5.69 Å². The molecule has 0 fully saturated rings. The monoisotopic (exact) mass is 436 g/mol. The van der Waals surface area contributed by atoms with Crippen LogP contribution in [0.1, 0.15) is 22.4 Å². The van der Waals surface area contributed by atoms with E-state index in [0.29, 0.717) is 13.0 Å². The van der Waals surface area contributed by atoms with Crippen molar-refractivity contribution in [3.05, 3.63) is 70.2 Å². The molecule has 2 aromatic heterocycles.